The fourth-order valence-corrected chi connectivity index (χ4v) is 2.26. The van der Waals surface area contributed by atoms with Crippen LogP contribution in [0.1, 0.15) is 11.1 Å². The Labute approximate surface area is 139 Å². The van der Waals surface area contributed by atoms with Gasteiger partial charge >= 0.3 is 6.18 Å². The van der Waals surface area contributed by atoms with Crippen molar-refractivity contribution in [3.8, 4) is 11.5 Å². The number of nitrogens with zero attached hydrogens (tertiary/aromatic N) is 1. The lowest BCUT2D eigenvalue weighted by molar-refractivity contribution is -0.385. The minimum atomic E-state index is -4.51. The molecule has 121 valence electrons. The average molecular weight is 363 g/mol. The van der Waals surface area contributed by atoms with E-state index < -0.39 is 16.7 Å². The Morgan fingerprint density at radius 2 is 1.91 bits per heavy atom. The summed E-state index contributed by atoms with van der Waals surface area (Å²) < 4.78 is 43.1. The van der Waals surface area contributed by atoms with Crippen molar-refractivity contribution in [1.29, 1.82) is 0 Å². The summed E-state index contributed by atoms with van der Waals surface area (Å²) in [4.78, 5) is 10.3. The Morgan fingerprint density at radius 3 is 2.43 bits per heavy atom. The van der Waals surface area contributed by atoms with Gasteiger partial charge in [0.15, 0.2) is 0 Å². The van der Waals surface area contributed by atoms with Gasteiger partial charge in [0.25, 0.3) is 5.69 Å². The molecule has 2 rings (SSSR count). The fourth-order valence-electron chi connectivity index (χ4n) is 1.81. The first-order valence-electron chi connectivity index (χ1n) is 6.12. The van der Waals surface area contributed by atoms with E-state index in [0.717, 1.165) is 18.2 Å². The van der Waals surface area contributed by atoms with Gasteiger partial charge in [-0.05, 0) is 30.3 Å². The van der Waals surface area contributed by atoms with Crippen molar-refractivity contribution in [1.82, 2.24) is 0 Å². The summed E-state index contributed by atoms with van der Waals surface area (Å²) in [6, 6.07) is 6.56. The van der Waals surface area contributed by atoms with Gasteiger partial charge in [-0.1, -0.05) is 24.2 Å². The van der Waals surface area contributed by atoms with Gasteiger partial charge in [0.05, 0.1) is 15.5 Å². The van der Waals surface area contributed by atoms with Crippen LogP contribution >= 0.6 is 24.2 Å². The molecule has 0 bridgehead atoms. The van der Waals surface area contributed by atoms with E-state index in [1.165, 1.54) is 18.2 Å². The van der Waals surface area contributed by atoms with Crippen LogP contribution in [0.4, 0.5) is 18.9 Å². The zero-order chi connectivity index (χ0) is 17.2. The lowest BCUT2D eigenvalue weighted by Gasteiger charge is -2.11. The molecule has 0 aliphatic carbocycles. The van der Waals surface area contributed by atoms with Crippen LogP contribution in [0.2, 0.25) is 5.02 Å². The minimum absolute atomic E-state index is 0.00355. The van der Waals surface area contributed by atoms with E-state index in [4.69, 9.17) is 29.0 Å². The van der Waals surface area contributed by atoms with Crippen molar-refractivity contribution in [2.24, 2.45) is 0 Å². The predicted molar refractivity (Wildman–Crippen MR) is 80.9 cm³/mol. The monoisotopic (exact) mass is 362 g/mol. The first-order valence-corrected chi connectivity index (χ1v) is 7.08. The third kappa shape index (κ3) is 4.08. The summed E-state index contributed by atoms with van der Waals surface area (Å²) in [6.07, 6.45) is -4.51. The molecule has 0 fully saturated rings. The van der Waals surface area contributed by atoms with E-state index in [1.807, 2.05) is 0 Å². The molecular weight excluding hydrogens is 355 g/mol. The number of ether oxygens (including phenoxy) is 1. The quantitative estimate of drug-likeness (QED) is 0.513. The second kappa shape index (κ2) is 6.67. The predicted octanol–water partition coefficient (Wildman–Crippen LogP) is 5.76. The van der Waals surface area contributed by atoms with E-state index in [2.05, 4.69) is 0 Å². The highest BCUT2D eigenvalue weighted by atomic mass is 35.5. The molecule has 4 nitrogen and oxygen atoms in total. The molecule has 2 aromatic rings. The third-order valence-corrected chi connectivity index (χ3v) is 3.50. The van der Waals surface area contributed by atoms with Gasteiger partial charge in [-0.15, -0.1) is 0 Å². The summed E-state index contributed by atoms with van der Waals surface area (Å²) in [6.45, 7) is 0. The minimum Gasteiger partial charge on any atom is -0.456 e. The highest BCUT2D eigenvalue weighted by Gasteiger charge is 2.31. The van der Waals surface area contributed by atoms with E-state index in [1.54, 1.807) is 0 Å². The van der Waals surface area contributed by atoms with Crippen LogP contribution in [0.3, 0.4) is 0 Å². The number of nitro groups is 1. The molecule has 0 spiro atoms. The van der Waals surface area contributed by atoms with E-state index in [0.29, 0.717) is 0 Å². The van der Waals surface area contributed by atoms with E-state index in [-0.39, 0.29) is 33.5 Å². The Balaban J connectivity index is 2.31. The van der Waals surface area contributed by atoms with Crippen molar-refractivity contribution in [3.05, 3.63) is 62.7 Å². The second-order valence-electron chi connectivity index (χ2n) is 4.44. The molecule has 0 aliphatic rings. The summed E-state index contributed by atoms with van der Waals surface area (Å²) >= 11 is 10.6. The number of alkyl halides is 3. The summed E-state index contributed by atoms with van der Waals surface area (Å²) in [7, 11) is 0. The van der Waals surface area contributed by atoms with Gasteiger partial charge in [0, 0.05) is 17.4 Å². The Bertz CT molecular complexity index is 753. The number of hydrogen-bond acceptors (Lipinski definition) is 3. The number of nitro benzene ring substituents is 1. The van der Waals surface area contributed by atoms with Crippen LogP contribution in [0, 0.1) is 10.1 Å². The normalized spacial score (nSPS) is 11.3. The highest BCUT2D eigenvalue weighted by Crippen LogP contribution is 2.37. The van der Waals surface area contributed by atoms with E-state index >= 15 is 0 Å². The third-order valence-electron chi connectivity index (χ3n) is 2.89. The molecule has 23 heavy (non-hydrogen) atoms. The molecule has 0 saturated carbocycles. The van der Waals surface area contributed by atoms with Crippen molar-refractivity contribution >= 4 is 29.9 Å². The van der Waals surface area contributed by atoms with Gasteiger partial charge in [0.2, 0.25) is 0 Å². The summed E-state index contributed by atoms with van der Waals surface area (Å²) in [5.74, 6) is 0.190. The number of hydrogen-bond donors (Lipinski definition) is 0. The first-order chi connectivity index (χ1) is 10.7. The first kappa shape index (κ1) is 17.4. The molecule has 9 heteroatoms. The van der Waals surface area contributed by atoms with Crippen LogP contribution in [-0.2, 0) is 11.9 Å². The molecular formula is C14H8ClF3NO3S. The lowest BCUT2D eigenvalue weighted by atomic mass is 10.2. The van der Waals surface area contributed by atoms with Crippen LogP contribution in [-0.4, -0.2) is 4.92 Å². The Kier molecular flexibility index (Phi) is 5.06. The van der Waals surface area contributed by atoms with Gasteiger partial charge in [0.1, 0.15) is 11.5 Å². The molecule has 0 saturated heterocycles. The second-order valence-corrected chi connectivity index (χ2v) is 5.13. The van der Waals surface area contributed by atoms with E-state index in [9.17, 15) is 23.3 Å². The van der Waals surface area contributed by atoms with Gasteiger partial charge < -0.3 is 4.74 Å². The molecule has 2 aromatic carbocycles. The van der Waals surface area contributed by atoms with Crippen LogP contribution < -0.4 is 4.74 Å². The SMILES string of the molecule is O=[N+]([O-])c1ccc(Oc2ccc(C(F)(F)F)cc2Cl)cc1C[S]. The molecule has 0 unspecified atom stereocenters. The zero-order valence-corrected chi connectivity index (χ0v) is 12.8. The number of benzene rings is 2. The topological polar surface area (TPSA) is 52.4 Å². The summed E-state index contributed by atoms with van der Waals surface area (Å²) in [5, 5.41) is 10.6. The summed E-state index contributed by atoms with van der Waals surface area (Å²) in [5.41, 5.74) is -0.777. The molecule has 0 aromatic heterocycles. The van der Waals surface area contributed by atoms with Crippen LogP contribution in [0.5, 0.6) is 11.5 Å². The maximum absolute atomic E-state index is 12.6. The van der Waals surface area contributed by atoms with Crippen molar-refractivity contribution in [2.75, 3.05) is 0 Å². The molecule has 0 amide bonds. The molecule has 0 heterocycles. The van der Waals surface area contributed by atoms with Crippen molar-refractivity contribution in [2.45, 2.75) is 11.9 Å². The Morgan fingerprint density at radius 1 is 1.22 bits per heavy atom. The Hall–Kier alpha value is -1.93. The van der Waals surface area contributed by atoms with Crippen molar-refractivity contribution < 1.29 is 22.8 Å². The number of halogens is 4. The average Bonchev–Trinajstić information content (AvgIpc) is 2.47. The maximum Gasteiger partial charge on any atom is 0.416 e. The lowest BCUT2D eigenvalue weighted by Crippen LogP contribution is -2.04. The molecule has 0 aliphatic heterocycles. The molecule has 1 radical (unpaired) electrons. The number of rotatable bonds is 4. The van der Waals surface area contributed by atoms with Crippen LogP contribution in [0.25, 0.3) is 0 Å². The molecule has 0 atom stereocenters. The van der Waals surface area contributed by atoms with Gasteiger partial charge in [-0.2, -0.15) is 13.2 Å². The van der Waals surface area contributed by atoms with Gasteiger partial charge in [-0.3, -0.25) is 10.1 Å². The highest BCUT2D eigenvalue weighted by molar-refractivity contribution is 7.79. The largest absolute Gasteiger partial charge is 0.456 e. The molecule has 0 N–H and O–H groups in total. The van der Waals surface area contributed by atoms with Crippen molar-refractivity contribution in [3.63, 3.8) is 0 Å². The standard InChI is InChI=1S/C14H8ClF3NO3S/c15-11-6-9(14(16,17)18)1-4-13(11)22-10-2-3-12(19(20)21)8(5-10)7-23/h1-6H,7H2. The fraction of sp³-hybridized carbons (Fsp3) is 0.143. The smallest absolute Gasteiger partial charge is 0.416 e. The van der Waals surface area contributed by atoms with Gasteiger partial charge in [-0.25, -0.2) is 0 Å². The van der Waals surface area contributed by atoms with Crippen LogP contribution in [0.15, 0.2) is 36.4 Å². The zero-order valence-electron chi connectivity index (χ0n) is 11.3. The maximum atomic E-state index is 12.6.